The fourth-order valence-corrected chi connectivity index (χ4v) is 4.47. The van der Waals surface area contributed by atoms with Crippen molar-refractivity contribution in [1.82, 2.24) is 20.2 Å². The number of hydrogen-bond donors (Lipinski definition) is 2. The Labute approximate surface area is 152 Å². The highest BCUT2D eigenvalue weighted by Crippen LogP contribution is 2.37. The zero-order valence-corrected chi connectivity index (χ0v) is 14.9. The zero-order chi connectivity index (χ0) is 18.1. The molecule has 26 heavy (non-hydrogen) atoms. The Morgan fingerprint density at radius 2 is 1.85 bits per heavy atom. The number of carbonyl (C=O) groups excluding carboxylic acids is 1. The molecule has 0 radical (unpaired) electrons. The summed E-state index contributed by atoms with van der Waals surface area (Å²) < 4.78 is 0. The van der Waals surface area contributed by atoms with Gasteiger partial charge >= 0.3 is 5.97 Å². The van der Waals surface area contributed by atoms with Gasteiger partial charge in [0.15, 0.2) is 0 Å². The van der Waals surface area contributed by atoms with Gasteiger partial charge in [0.05, 0.1) is 11.5 Å². The number of piperidine rings is 1. The highest BCUT2D eigenvalue weighted by molar-refractivity contribution is 5.88. The van der Waals surface area contributed by atoms with Gasteiger partial charge < -0.3 is 15.3 Å². The number of amides is 1. The van der Waals surface area contributed by atoms with Crippen LogP contribution < -0.4 is 10.2 Å². The lowest BCUT2D eigenvalue weighted by Crippen LogP contribution is -2.55. The van der Waals surface area contributed by atoms with Crippen LogP contribution in [0.3, 0.4) is 0 Å². The molecule has 0 unspecified atom stereocenters. The molecule has 0 bridgehead atoms. The van der Waals surface area contributed by atoms with Gasteiger partial charge in [0.1, 0.15) is 0 Å². The summed E-state index contributed by atoms with van der Waals surface area (Å²) in [7, 11) is 0. The summed E-state index contributed by atoms with van der Waals surface area (Å²) in [6, 6.07) is 0. The molecular formula is C18H25N5O3. The highest BCUT2D eigenvalue weighted by Gasteiger charge is 2.51. The van der Waals surface area contributed by atoms with Crippen LogP contribution in [0.2, 0.25) is 0 Å². The highest BCUT2D eigenvalue weighted by atomic mass is 16.4. The Morgan fingerprint density at radius 3 is 2.46 bits per heavy atom. The first-order valence-electron chi connectivity index (χ1n) is 9.38. The number of nitrogens with zero attached hydrogens (tertiary/aromatic N) is 4. The van der Waals surface area contributed by atoms with E-state index >= 15 is 0 Å². The van der Waals surface area contributed by atoms with E-state index in [2.05, 4.69) is 25.1 Å². The summed E-state index contributed by atoms with van der Waals surface area (Å²) in [6.45, 7) is 4.34. The van der Waals surface area contributed by atoms with Crippen LogP contribution in [-0.2, 0) is 16.1 Å². The lowest BCUT2D eigenvalue weighted by atomic mass is 9.77. The van der Waals surface area contributed by atoms with E-state index in [0.717, 1.165) is 44.2 Å². The summed E-state index contributed by atoms with van der Waals surface area (Å²) in [5.41, 5.74) is 0.490. The second-order valence-electron chi connectivity index (χ2n) is 7.66. The van der Waals surface area contributed by atoms with E-state index in [9.17, 15) is 14.7 Å². The van der Waals surface area contributed by atoms with E-state index in [1.165, 1.54) is 12.8 Å². The van der Waals surface area contributed by atoms with E-state index in [4.69, 9.17) is 0 Å². The number of aromatic nitrogens is 2. The van der Waals surface area contributed by atoms with Gasteiger partial charge in [-0.25, -0.2) is 9.97 Å². The maximum atomic E-state index is 11.7. The van der Waals surface area contributed by atoms with Crippen molar-refractivity contribution in [1.29, 1.82) is 0 Å². The number of aliphatic carboxylic acids is 1. The molecule has 4 rings (SSSR count). The van der Waals surface area contributed by atoms with Crippen molar-refractivity contribution in [2.24, 2.45) is 5.92 Å². The topological polar surface area (TPSA) is 98.7 Å². The van der Waals surface area contributed by atoms with Gasteiger partial charge in [0, 0.05) is 57.1 Å². The van der Waals surface area contributed by atoms with Crippen LogP contribution in [0, 0.1) is 5.92 Å². The van der Waals surface area contributed by atoms with Crippen LogP contribution in [0.25, 0.3) is 0 Å². The van der Waals surface area contributed by atoms with Gasteiger partial charge in [-0.3, -0.25) is 14.5 Å². The molecule has 140 valence electrons. The molecule has 3 aliphatic rings. The largest absolute Gasteiger partial charge is 0.481 e. The number of anilines is 1. The third-order valence-corrected chi connectivity index (χ3v) is 5.98. The molecule has 2 N–H and O–H groups in total. The molecule has 1 aromatic rings. The standard InChI is InChI=1S/C18H25N5O3/c24-15-9-14(16(25)26)18(21-15)3-7-22(8-4-18)12-13-10-19-17(20-11-13)23-5-1-2-6-23/h10-11,14H,1-9,12H2,(H,21,24)(H,25,26)/t14-/m1/s1. The van der Waals surface area contributed by atoms with Crippen molar-refractivity contribution in [3.8, 4) is 0 Å². The number of carboxylic acids is 1. The van der Waals surface area contributed by atoms with Crippen molar-refractivity contribution in [2.75, 3.05) is 31.1 Å². The Hall–Kier alpha value is -2.22. The normalized spacial score (nSPS) is 25.6. The molecule has 1 aromatic heterocycles. The van der Waals surface area contributed by atoms with Gasteiger partial charge in [0.2, 0.25) is 11.9 Å². The summed E-state index contributed by atoms with van der Waals surface area (Å²) in [5.74, 6) is -0.818. The van der Waals surface area contributed by atoms with E-state index in [0.29, 0.717) is 12.8 Å². The maximum absolute atomic E-state index is 11.7. The summed E-state index contributed by atoms with van der Waals surface area (Å²) >= 11 is 0. The second kappa shape index (κ2) is 6.83. The first-order chi connectivity index (χ1) is 12.6. The summed E-state index contributed by atoms with van der Waals surface area (Å²) in [4.78, 5) is 36.7. The molecule has 1 spiro atoms. The van der Waals surface area contributed by atoms with Crippen molar-refractivity contribution < 1.29 is 14.7 Å². The fraction of sp³-hybridized carbons (Fsp3) is 0.667. The lowest BCUT2D eigenvalue weighted by Gasteiger charge is -2.41. The van der Waals surface area contributed by atoms with Crippen LogP contribution in [0.4, 0.5) is 5.95 Å². The zero-order valence-electron chi connectivity index (χ0n) is 14.9. The Morgan fingerprint density at radius 1 is 1.19 bits per heavy atom. The first-order valence-corrected chi connectivity index (χ1v) is 9.38. The average Bonchev–Trinajstić information content (AvgIpc) is 3.26. The van der Waals surface area contributed by atoms with Crippen LogP contribution in [0.1, 0.15) is 37.7 Å². The smallest absolute Gasteiger partial charge is 0.309 e. The molecule has 0 saturated carbocycles. The number of carboxylic acid groups (broad SMARTS) is 1. The molecule has 0 aromatic carbocycles. The molecule has 8 nitrogen and oxygen atoms in total. The van der Waals surface area contributed by atoms with Gasteiger partial charge in [-0.2, -0.15) is 0 Å². The Balaban J connectivity index is 1.35. The summed E-state index contributed by atoms with van der Waals surface area (Å²) in [5, 5.41) is 12.4. The molecule has 0 aliphatic carbocycles. The van der Waals surface area contributed by atoms with Crippen LogP contribution in [0.5, 0.6) is 0 Å². The van der Waals surface area contributed by atoms with Crippen molar-refractivity contribution >= 4 is 17.8 Å². The van der Waals surface area contributed by atoms with Crippen molar-refractivity contribution in [3.63, 3.8) is 0 Å². The van der Waals surface area contributed by atoms with Crippen molar-refractivity contribution in [3.05, 3.63) is 18.0 Å². The lowest BCUT2D eigenvalue weighted by molar-refractivity contribution is -0.144. The number of carbonyl (C=O) groups is 2. The molecular weight excluding hydrogens is 334 g/mol. The third kappa shape index (κ3) is 3.25. The van der Waals surface area contributed by atoms with Crippen LogP contribution in [-0.4, -0.2) is 63.6 Å². The predicted octanol–water partition coefficient (Wildman–Crippen LogP) is 0.632. The quantitative estimate of drug-likeness (QED) is 0.813. The number of rotatable bonds is 4. The molecule has 1 amide bonds. The first kappa shape index (κ1) is 17.2. The average molecular weight is 359 g/mol. The third-order valence-electron chi connectivity index (χ3n) is 5.98. The minimum atomic E-state index is -0.872. The molecule has 4 heterocycles. The van der Waals surface area contributed by atoms with E-state index in [1.54, 1.807) is 0 Å². The monoisotopic (exact) mass is 359 g/mol. The number of hydrogen-bond acceptors (Lipinski definition) is 6. The maximum Gasteiger partial charge on any atom is 0.309 e. The summed E-state index contributed by atoms with van der Waals surface area (Å²) in [6.07, 6.45) is 7.62. The van der Waals surface area contributed by atoms with Crippen molar-refractivity contribution in [2.45, 2.75) is 44.2 Å². The molecule has 8 heteroatoms. The van der Waals surface area contributed by atoms with E-state index in [1.807, 2.05) is 12.4 Å². The predicted molar refractivity (Wildman–Crippen MR) is 94.6 cm³/mol. The Kier molecular flexibility index (Phi) is 4.52. The van der Waals surface area contributed by atoms with Gasteiger partial charge in [-0.05, 0) is 25.7 Å². The number of nitrogens with one attached hydrogen (secondary N) is 1. The van der Waals surface area contributed by atoms with Crippen LogP contribution in [0.15, 0.2) is 12.4 Å². The van der Waals surface area contributed by atoms with Gasteiger partial charge in [-0.1, -0.05) is 0 Å². The minimum Gasteiger partial charge on any atom is -0.481 e. The van der Waals surface area contributed by atoms with E-state index < -0.39 is 17.4 Å². The van der Waals surface area contributed by atoms with E-state index in [-0.39, 0.29) is 12.3 Å². The second-order valence-corrected chi connectivity index (χ2v) is 7.66. The fourth-order valence-electron chi connectivity index (χ4n) is 4.47. The molecule has 3 aliphatic heterocycles. The van der Waals surface area contributed by atoms with Crippen LogP contribution >= 0.6 is 0 Å². The van der Waals surface area contributed by atoms with Gasteiger partial charge in [0.25, 0.3) is 0 Å². The molecule has 3 saturated heterocycles. The molecule has 3 fully saturated rings. The SMILES string of the molecule is O=C1C[C@H](C(=O)O)C2(CCN(Cc3cnc(N4CCCC4)nc3)CC2)N1. The Bertz CT molecular complexity index is 679. The number of likely N-dealkylation sites (tertiary alicyclic amines) is 1. The van der Waals surface area contributed by atoms with Gasteiger partial charge in [-0.15, -0.1) is 0 Å². The minimum absolute atomic E-state index is 0.0983. The molecule has 1 atom stereocenters.